The van der Waals surface area contributed by atoms with Crippen LogP contribution in [0.4, 0.5) is 0 Å². The standard InChI is InChI=1S/C17H10Cl2N4/c18-16-20-15(21-17(19)22-16)12-5-3-6-13(10-12)23-9-8-11-4-1-2-7-14(11)23/h1-10H. The first-order valence-corrected chi connectivity index (χ1v) is 7.70. The fourth-order valence-electron chi connectivity index (χ4n) is 2.56. The van der Waals surface area contributed by atoms with Gasteiger partial charge in [0.1, 0.15) is 0 Å². The van der Waals surface area contributed by atoms with Crippen molar-refractivity contribution in [2.75, 3.05) is 0 Å². The van der Waals surface area contributed by atoms with Crippen molar-refractivity contribution in [3.05, 3.63) is 71.4 Å². The van der Waals surface area contributed by atoms with Crippen LogP contribution in [0.1, 0.15) is 0 Å². The smallest absolute Gasteiger partial charge is 0.227 e. The average Bonchev–Trinajstić information content (AvgIpc) is 2.98. The fraction of sp³-hybridized carbons (Fsp3) is 0. The quantitative estimate of drug-likeness (QED) is 0.527. The van der Waals surface area contributed by atoms with E-state index in [4.69, 9.17) is 23.2 Å². The van der Waals surface area contributed by atoms with Crippen LogP contribution >= 0.6 is 23.2 Å². The third-order valence-corrected chi connectivity index (χ3v) is 3.90. The second-order valence-corrected chi connectivity index (χ2v) is 5.67. The Kier molecular flexibility index (Phi) is 3.48. The van der Waals surface area contributed by atoms with Crippen LogP contribution < -0.4 is 0 Å². The Hall–Kier alpha value is -2.43. The molecular weight excluding hydrogens is 331 g/mol. The Morgan fingerprint density at radius 2 is 1.57 bits per heavy atom. The predicted octanol–water partition coefficient (Wildman–Crippen LogP) is 4.79. The molecule has 6 heteroatoms. The van der Waals surface area contributed by atoms with Crippen LogP contribution in [0.3, 0.4) is 0 Å². The summed E-state index contributed by atoms with van der Waals surface area (Å²) in [7, 11) is 0. The molecule has 0 aliphatic carbocycles. The van der Waals surface area contributed by atoms with Crippen LogP contribution in [0.15, 0.2) is 60.8 Å². The summed E-state index contributed by atoms with van der Waals surface area (Å²) in [5.41, 5.74) is 2.97. The van der Waals surface area contributed by atoms with Gasteiger partial charge in [-0.25, -0.2) is 0 Å². The van der Waals surface area contributed by atoms with E-state index < -0.39 is 0 Å². The number of aromatic nitrogens is 4. The van der Waals surface area contributed by atoms with Crippen LogP contribution in [-0.4, -0.2) is 19.5 Å². The summed E-state index contributed by atoms with van der Waals surface area (Å²) in [6.45, 7) is 0. The molecule has 0 saturated carbocycles. The molecule has 0 amide bonds. The molecule has 0 aliphatic heterocycles. The molecule has 112 valence electrons. The lowest BCUT2D eigenvalue weighted by molar-refractivity contribution is 1.05. The van der Waals surface area contributed by atoms with E-state index in [0.717, 1.165) is 16.8 Å². The molecule has 0 bridgehead atoms. The zero-order valence-electron chi connectivity index (χ0n) is 11.8. The van der Waals surface area contributed by atoms with E-state index in [0.29, 0.717) is 5.82 Å². The second kappa shape index (κ2) is 5.65. The molecule has 0 atom stereocenters. The molecule has 0 fully saturated rings. The van der Waals surface area contributed by atoms with Crippen LogP contribution in [0.25, 0.3) is 28.0 Å². The van der Waals surface area contributed by atoms with Gasteiger partial charge in [-0.1, -0.05) is 30.3 Å². The van der Waals surface area contributed by atoms with Gasteiger partial charge in [-0.2, -0.15) is 15.0 Å². The highest BCUT2D eigenvalue weighted by atomic mass is 35.5. The molecule has 2 aromatic heterocycles. The SMILES string of the molecule is Clc1nc(Cl)nc(-c2cccc(-n3ccc4ccccc43)c2)n1. The maximum atomic E-state index is 5.87. The lowest BCUT2D eigenvalue weighted by Crippen LogP contribution is -1.96. The molecule has 0 N–H and O–H groups in total. The van der Waals surface area contributed by atoms with E-state index in [1.165, 1.54) is 5.39 Å². The van der Waals surface area contributed by atoms with E-state index in [2.05, 4.69) is 37.7 Å². The predicted molar refractivity (Wildman–Crippen MR) is 92.1 cm³/mol. The highest BCUT2D eigenvalue weighted by Gasteiger charge is 2.08. The number of fused-ring (bicyclic) bond motifs is 1. The van der Waals surface area contributed by atoms with Gasteiger partial charge in [0, 0.05) is 17.4 Å². The van der Waals surface area contributed by atoms with E-state index in [9.17, 15) is 0 Å². The molecule has 4 nitrogen and oxygen atoms in total. The van der Waals surface area contributed by atoms with Gasteiger partial charge in [0.05, 0.1) is 5.52 Å². The molecule has 4 rings (SSSR count). The highest BCUT2D eigenvalue weighted by Crippen LogP contribution is 2.24. The molecule has 2 aromatic carbocycles. The molecular formula is C17H10Cl2N4. The van der Waals surface area contributed by atoms with Crippen molar-refractivity contribution in [1.82, 2.24) is 19.5 Å². The van der Waals surface area contributed by atoms with E-state index in [1.54, 1.807) is 0 Å². The summed E-state index contributed by atoms with van der Waals surface area (Å²) in [5.74, 6) is 0.452. The van der Waals surface area contributed by atoms with Gasteiger partial charge in [0.25, 0.3) is 0 Å². The number of hydrogen-bond donors (Lipinski definition) is 0. The Morgan fingerprint density at radius 3 is 2.39 bits per heavy atom. The maximum Gasteiger partial charge on any atom is 0.227 e. The monoisotopic (exact) mass is 340 g/mol. The third kappa shape index (κ3) is 2.67. The first-order chi connectivity index (χ1) is 11.2. The second-order valence-electron chi connectivity index (χ2n) is 4.99. The van der Waals surface area contributed by atoms with Gasteiger partial charge < -0.3 is 4.57 Å². The minimum atomic E-state index is 0.0804. The van der Waals surface area contributed by atoms with Crippen molar-refractivity contribution >= 4 is 34.1 Å². The number of benzene rings is 2. The summed E-state index contributed by atoms with van der Waals surface area (Å²) in [4.78, 5) is 12.1. The van der Waals surface area contributed by atoms with Gasteiger partial charge in [-0.3, -0.25) is 0 Å². The van der Waals surface area contributed by atoms with Crippen LogP contribution in [-0.2, 0) is 0 Å². The number of hydrogen-bond acceptors (Lipinski definition) is 3. The van der Waals surface area contributed by atoms with E-state index in [1.807, 2.05) is 42.6 Å². The van der Waals surface area contributed by atoms with Crippen molar-refractivity contribution in [3.63, 3.8) is 0 Å². The van der Waals surface area contributed by atoms with Crippen molar-refractivity contribution in [1.29, 1.82) is 0 Å². The summed E-state index contributed by atoms with van der Waals surface area (Å²) in [6, 6.07) is 18.2. The molecule has 4 aromatic rings. The molecule has 0 radical (unpaired) electrons. The lowest BCUT2D eigenvalue weighted by Gasteiger charge is -2.08. The summed E-state index contributed by atoms with van der Waals surface area (Å²) in [5, 5.41) is 1.35. The van der Waals surface area contributed by atoms with Crippen molar-refractivity contribution in [3.8, 4) is 17.1 Å². The van der Waals surface area contributed by atoms with Crippen LogP contribution in [0.2, 0.25) is 10.6 Å². The van der Waals surface area contributed by atoms with Crippen molar-refractivity contribution in [2.24, 2.45) is 0 Å². The minimum absolute atomic E-state index is 0.0804. The third-order valence-electron chi connectivity index (χ3n) is 3.56. The molecule has 0 aliphatic rings. The normalized spacial score (nSPS) is 11.0. The number of para-hydroxylation sites is 1. The molecule has 2 heterocycles. The highest BCUT2D eigenvalue weighted by molar-refractivity contribution is 6.31. The number of nitrogens with zero attached hydrogens (tertiary/aromatic N) is 4. The van der Waals surface area contributed by atoms with E-state index in [-0.39, 0.29) is 10.6 Å². The number of rotatable bonds is 2. The average molecular weight is 341 g/mol. The van der Waals surface area contributed by atoms with Crippen molar-refractivity contribution < 1.29 is 0 Å². The maximum absolute atomic E-state index is 5.87. The summed E-state index contributed by atoms with van der Waals surface area (Å²) in [6.07, 6.45) is 2.04. The van der Waals surface area contributed by atoms with Gasteiger partial charge in [-0.15, -0.1) is 0 Å². The van der Waals surface area contributed by atoms with Crippen LogP contribution in [0.5, 0.6) is 0 Å². The molecule has 23 heavy (non-hydrogen) atoms. The van der Waals surface area contributed by atoms with E-state index >= 15 is 0 Å². The molecule has 0 unspecified atom stereocenters. The first-order valence-electron chi connectivity index (χ1n) is 6.95. The number of halogens is 2. The van der Waals surface area contributed by atoms with Gasteiger partial charge in [0.15, 0.2) is 5.82 Å². The van der Waals surface area contributed by atoms with Gasteiger partial charge >= 0.3 is 0 Å². The van der Waals surface area contributed by atoms with Gasteiger partial charge in [0.2, 0.25) is 10.6 Å². The zero-order valence-corrected chi connectivity index (χ0v) is 13.3. The minimum Gasteiger partial charge on any atom is -0.317 e. The van der Waals surface area contributed by atoms with Gasteiger partial charge in [-0.05, 0) is 52.9 Å². The largest absolute Gasteiger partial charge is 0.317 e. The topological polar surface area (TPSA) is 43.6 Å². The van der Waals surface area contributed by atoms with Crippen molar-refractivity contribution in [2.45, 2.75) is 0 Å². The summed E-state index contributed by atoms with van der Waals surface area (Å²) < 4.78 is 2.11. The first kappa shape index (κ1) is 14.2. The lowest BCUT2D eigenvalue weighted by atomic mass is 10.2. The summed E-state index contributed by atoms with van der Waals surface area (Å²) >= 11 is 11.7. The Balaban J connectivity index is 1.86. The molecule has 0 saturated heterocycles. The van der Waals surface area contributed by atoms with Crippen LogP contribution in [0, 0.1) is 0 Å². The Bertz CT molecular complexity index is 990. The fourth-order valence-corrected chi connectivity index (χ4v) is 2.92. The Morgan fingerprint density at radius 1 is 0.783 bits per heavy atom. The zero-order chi connectivity index (χ0) is 15.8. The Labute approximate surface area is 142 Å². The molecule has 0 spiro atoms.